The Kier molecular flexibility index (Phi) is 7.07. The van der Waals surface area contributed by atoms with E-state index < -0.39 is 7.60 Å². The molecule has 0 aliphatic rings. The smallest absolute Gasteiger partial charge is 0.376 e. The first kappa shape index (κ1) is 18.8. The third kappa shape index (κ3) is 5.81. The molecule has 24 heavy (non-hydrogen) atoms. The van der Waals surface area contributed by atoms with E-state index in [4.69, 9.17) is 4.52 Å². The van der Waals surface area contributed by atoms with Gasteiger partial charge in [0.05, 0.1) is 6.16 Å². The highest BCUT2D eigenvalue weighted by Gasteiger charge is 2.24. The SMILES string of the molecule is CCCCC(CCP(=O)(O)Oc1cccc(CC)c1)c1ncc[nH]1. The van der Waals surface area contributed by atoms with Gasteiger partial charge in [-0.05, 0) is 37.0 Å². The molecule has 0 aliphatic heterocycles. The molecule has 1 heterocycles. The van der Waals surface area contributed by atoms with Crippen LogP contribution in [0.5, 0.6) is 5.75 Å². The van der Waals surface area contributed by atoms with E-state index in [1.54, 1.807) is 18.5 Å². The second-order valence-corrected chi connectivity index (χ2v) is 7.96. The first-order chi connectivity index (χ1) is 11.5. The van der Waals surface area contributed by atoms with Crippen molar-refractivity contribution in [2.45, 2.75) is 51.9 Å². The number of aromatic amines is 1. The van der Waals surface area contributed by atoms with Gasteiger partial charge in [-0.2, -0.15) is 0 Å². The maximum absolute atomic E-state index is 12.4. The topological polar surface area (TPSA) is 75.2 Å². The molecule has 0 bridgehead atoms. The Morgan fingerprint density at radius 1 is 1.33 bits per heavy atom. The minimum Gasteiger partial charge on any atom is -0.424 e. The summed E-state index contributed by atoms with van der Waals surface area (Å²) in [5, 5.41) is 0. The van der Waals surface area contributed by atoms with E-state index >= 15 is 0 Å². The Balaban J connectivity index is 1.97. The maximum atomic E-state index is 12.4. The summed E-state index contributed by atoms with van der Waals surface area (Å²) in [6.07, 6.45) is 8.20. The minimum atomic E-state index is -3.67. The Bertz CT molecular complexity index is 658. The number of hydrogen-bond acceptors (Lipinski definition) is 3. The summed E-state index contributed by atoms with van der Waals surface area (Å²) >= 11 is 0. The van der Waals surface area contributed by atoms with Crippen molar-refractivity contribution in [2.24, 2.45) is 0 Å². The zero-order chi connectivity index (χ0) is 17.4. The zero-order valence-electron chi connectivity index (χ0n) is 14.4. The van der Waals surface area contributed by atoms with Gasteiger partial charge < -0.3 is 14.4 Å². The number of imidazole rings is 1. The molecule has 2 atom stereocenters. The molecular weight excluding hydrogens is 323 g/mol. The molecule has 2 aromatic rings. The highest BCUT2D eigenvalue weighted by atomic mass is 31.2. The van der Waals surface area contributed by atoms with E-state index in [0.29, 0.717) is 12.2 Å². The molecule has 0 spiro atoms. The molecule has 1 aromatic carbocycles. The van der Waals surface area contributed by atoms with E-state index in [1.165, 1.54) is 0 Å². The number of benzene rings is 1. The summed E-state index contributed by atoms with van der Waals surface area (Å²) in [4.78, 5) is 17.6. The summed E-state index contributed by atoms with van der Waals surface area (Å²) < 4.78 is 17.8. The van der Waals surface area contributed by atoms with Crippen molar-refractivity contribution in [3.8, 4) is 5.75 Å². The van der Waals surface area contributed by atoms with Gasteiger partial charge in [0.2, 0.25) is 0 Å². The van der Waals surface area contributed by atoms with Gasteiger partial charge in [-0.15, -0.1) is 0 Å². The number of unbranched alkanes of at least 4 members (excludes halogenated alkanes) is 1. The quantitative estimate of drug-likeness (QED) is 0.598. The van der Waals surface area contributed by atoms with Gasteiger partial charge in [0, 0.05) is 18.3 Å². The second-order valence-electron chi connectivity index (χ2n) is 6.06. The van der Waals surface area contributed by atoms with Gasteiger partial charge in [-0.1, -0.05) is 38.8 Å². The number of nitrogens with zero attached hydrogens (tertiary/aromatic N) is 1. The molecule has 2 N–H and O–H groups in total. The van der Waals surface area contributed by atoms with Crippen LogP contribution in [0, 0.1) is 0 Å². The first-order valence-electron chi connectivity index (χ1n) is 8.63. The number of aryl methyl sites for hydroxylation is 1. The zero-order valence-corrected chi connectivity index (χ0v) is 15.3. The van der Waals surface area contributed by atoms with Crippen molar-refractivity contribution in [1.82, 2.24) is 9.97 Å². The average Bonchev–Trinajstić information content (AvgIpc) is 3.09. The van der Waals surface area contributed by atoms with Gasteiger partial charge in [0.1, 0.15) is 11.6 Å². The number of rotatable bonds is 10. The van der Waals surface area contributed by atoms with Crippen molar-refractivity contribution >= 4 is 7.60 Å². The normalized spacial score (nSPS) is 15.0. The van der Waals surface area contributed by atoms with Gasteiger partial charge in [0.25, 0.3) is 0 Å². The van der Waals surface area contributed by atoms with Crippen LogP contribution in [0.25, 0.3) is 0 Å². The molecular formula is C18H27N2O3P. The fraction of sp³-hybridized carbons (Fsp3) is 0.500. The maximum Gasteiger partial charge on any atom is 0.376 e. The summed E-state index contributed by atoms with van der Waals surface area (Å²) in [6, 6.07) is 7.38. The van der Waals surface area contributed by atoms with Crippen molar-refractivity contribution < 1.29 is 14.0 Å². The number of H-pyrrole nitrogens is 1. The first-order valence-corrected chi connectivity index (χ1v) is 10.4. The molecule has 0 fully saturated rings. The highest BCUT2D eigenvalue weighted by molar-refractivity contribution is 7.53. The Morgan fingerprint density at radius 3 is 2.83 bits per heavy atom. The van der Waals surface area contributed by atoms with E-state index in [0.717, 1.165) is 37.1 Å². The lowest BCUT2D eigenvalue weighted by molar-refractivity contribution is 0.374. The lowest BCUT2D eigenvalue weighted by atomic mass is 9.99. The van der Waals surface area contributed by atoms with Crippen LogP contribution in [0.3, 0.4) is 0 Å². The summed E-state index contributed by atoms with van der Waals surface area (Å²) in [7, 11) is -3.67. The summed E-state index contributed by atoms with van der Waals surface area (Å²) in [6.45, 7) is 4.18. The number of aromatic nitrogens is 2. The Labute approximate surface area is 144 Å². The molecule has 6 heteroatoms. The third-order valence-corrected chi connectivity index (χ3v) is 5.45. The molecule has 2 rings (SSSR count). The van der Waals surface area contributed by atoms with Crippen LogP contribution in [0.2, 0.25) is 0 Å². The van der Waals surface area contributed by atoms with Crippen LogP contribution in [-0.4, -0.2) is 21.0 Å². The monoisotopic (exact) mass is 350 g/mol. The van der Waals surface area contributed by atoms with Crippen LogP contribution in [0.1, 0.15) is 56.8 Å². The van der Waals surface area contributed by atoms with Crippen molar-refractivity contribution in [3.63, 3.8) is 0 Å². The van der Waals surface area contributed by atoms with Crippen LogP contribution < -0.4 is 4.52 Å². The molecule has 0 saturated carbocycles. The van der Waals surface area contributed by atoms with E-state index in [1.807, 2.05) is 25.1 Å². The Morgan fingerprint density at radius 2 is 2.17 bits per heavy atom. The van der Waals surface area contributed by atoms with Gasteiger partial charge in [-0.3, -0.25) is 0 Å². The molecule has 0 saturated heterocycles. The van der Waals surface area contributed by atoms with Gasteiger partial charge >= 0.3 is 7.60 Å². The Hall–Kier alpha value is -1.58. The molecule has 132 valence electrons. The van der Waals surface area contributed by atoms with Crippen LogP contribution in [0.4, 0.5) is 0 Å². The third-order valence-electron chi connectivity index (χ3n) is 4.13. The largest absolute Gasteiger partial charge is 0.424 e. The van der Waals surface area contributed by atoms with Crippen molar-refractivity contribution in [2.75, 3.05) is 6.16 Å². The second kappa shape index (κ2) is 9.05. The van der Waals surface area contributed by atoms with Crippen LogP contribution in [0.15, 0.2) is 36.7 Å². The van der Waals surface area contributed by atoms with E-state index in [9.17, 15) is 9.46 Å². The molecule has 1 aromatic heterocycles. The van der Waals surface area contributed by atoms with Crippen LogP contribution >= 0.6 is 7.60 Å². The standard InChI is InChI=1S/C18H27N2O3P/c1-3-5-8-16(18-19-11-12-20-18)10-13-24(21,22)23-17-9-6-7-15(4-2)14-17/h6-7,9,11-12,14,16H,3-5,8,10,13H2,1-2H3,(H,19,20)(H,21,22). The molecule has 0 radical (unpaired) electrons. The predicted molar refractivity (Wildman–Crippen MR) is 96.6 cm³/mol. The van der Waals surface area contributed by atoms with Gasteiger partial charge in [-0.25, -0.2) is 9.55 Å². The van der Waals surface area contributed by atoms with E-state index in [-0.39, 0.29) is 12.1 Å². The molecule has 0 aliphatic carbocycles. The molecule has 0 amide bonds. The average molecular weight is 350 g/mol. The summed E-state index contributed by atoms with van der Waals surface area (Å²) in [5.41, 5.74) is 1.09. The minimum absolute atomic E-state index is 0.123. The number of hydrogen-bond donors (Lipinski definition) is 2. The fourth-order valence-electron chi connectivity index (χ4n) is 2.72. The van der Waals surface area contributed by atoms with Gasteiger partial charge in [0.15, 0.2) is 0 Å². The number of nitrogens with one attached hydrogen (secondary N) is 1. The lowest BCUT2D eigenvalue weighted by Gasteiger charge is -2.18. The highest BCUT2D eigenvalue weighted by Crippen LogP contribution is 2.45. The predicted octanol–water partition coefficient (Wildman–Crippen LogP) is 4.90. The fourth-order valence-corrected chi connectivity index (χ4v) is 3.89. The van der Waals surface area contributed by atoms with Crippen molar-refractivity contribution in [3.05, 3.63) is 48.0 Å². The van der Waals surface area contributed by atoms with Crippen molar-refractivity contribution in [1.29, 1.82) is 0 Å². The van der Waals surface area contributed by atoms with E-state index in [2.05, 4.69) is 16.9 Å². The summed E-state index contributed by atoms with van der Waals surface area (Å²) in [5.74, 6) is 1.51. The van der Waals surface area contributed by atoms with Crippen LogP contribution in [-0.2, 0) is 11.0 Å². The molecule has 2 unspecified atom stereocenters. The lowest BCUT2D eigenvalue weighted by Crippen LogP contribution is -2.07. The molecule has 5 nitrogen and oxygen atoms in total.